The second-order valence-corrected chi connectivity index (χ2v) is 3.56. The van der Waals surface area contributed by atoms with Crippen molar-refractivity contribution in [2.75, 3.05) is 5.73 Å². The van der Waals surface area contributed by atoms with E-state index in [-0.39, 0.29) is 11.6 Å². The number of anilines is 1. The lowest BCUT2D eigenvalue weighted by Gasteiger charge is -1.98. The van der Waals surface area contributed by atoms with Crippen LogP contribution in [0.1, 0.15) is 6.92 Å². The van der Waals surface area contributed by atoms with E-state index >= 15 is 0 Å². The molecular weight excluding hydrogens is 214 g/mol. The molecule has 0 radical (unpaired) electrons. The third kappa shape index (κ3) is 4.03. The van der Waals surface area contributed by atoms with Crippen LogP contribution in [0.2, 0.25) is 0 Å². The fourth-order valence-corrected chi connectivity index (χ4v) is 1.12. The molecule has 0 aliphatic carbocycles. The molecule has 1 atom stereocenters. The maximum absolute atomic E-state index is 10.8. The maximum Gasteiger partial charge on any atom is 0.170 e. The lowest BCUT2D eigenvalue weighted by Crippen LogP contribution is -1.87. The van der Waals surface area contributed by atoms with Crippen LogP contribution in [0.5, 0.6) is 0 Å². The van der Waals surface area contributed by atoms with Gasteiger partial charge in [-0.3, -0.25) is 4.79 Å². The molecule has 2 N–H and O–H groups in total. The lowest BCUT2D eigenvalue weighted by atomic mass is 10.1. The molecule has 4 nitrogen and oxygen atoms in total. The van der Waals surface area contributed by atoms with Gasteiger partial charge in [-0.25, -0.2) is 0 Å². The van der Waals surface area contributed by atoms with E-state index in [0.29, 0.717) is 17.7 Å². The highest BCUT2D eigenvalue weighted by molar-refractivity contribution is 5.72. The number of hydrogen-bond acceptors (Lipinski definition) is 4. The Labute approximate surface area is 101 Å². The predicted octanol–water partition coefficient (Wildman–Crippen LogP) is 3.26. The Hall–Kier alpha value is -2.23. The van der Waals surface area contributed by atoms with Crippen LogP contribution in [-0.4, -0.2) is 6.29 Å². The molecule has 0 fully saturated rings. The van der Waals surface area contributed by atoms with Gasteiger partial charge in [-0.1, -0.05) is 25.1 Å². The number of benzene rings is 1. The summed E-state index contributed by atoms with van der Waals surface area (Å²) < 4.78 is 0. The molecule has 0 amide bonds. The van der Waals surface area contributed by atoms with E-state index < -0.39 is 0 Å². The molecule has 0 aliphatic rings. The van der Waals surface area contributed by atoms with E-state index in [0.717, 1.165) is 0 Å². The summed E-state index contributed by atoms with van der Waals surface area (Å²) >= 11 is 0. The summed E-state index contributed by atoms with van der Waals surface area (Å²) in [7, 11) is 0. The molecule has 0 heterocycles. The van der Waals surface area contributed by atoms with E-state index in [4.69, 9.17) is 5.73 Å². The number of azo groups is 1. The topological polar surface area (TPSA) is 67.8 Å². The molecule has 1 unspecified atom stereocenters. The minimum atomic E-state index is 0.0715. The van der Waals surface area contributed by atoms with E-state index in [1.54, 1.807) is 30.4 Å². The van der Waals surface area contributed by atoms with Gasteiger partial charge in [-0.05, 0) is 24.1 Å². The molecule has 0 bridgehead atoms. The summed E-state index contributed by atoms with van der Waals surface area (Å²) in [5, 5.41) is 7.78. The molecule has 0 aliphatic heterocycles. The molecule has 0 aromatic heterocycles. The number of nitrogens with two attached hydrogens (primary N) is 1. The lowest BCUT2D eigenvalue weighted by molar-refractivity contribution is -0.105. The molecule has 17 heavy (non-hydrogen) atoms. The Morgan fingerprint density at radius 3 is 2.76 bits per heavy atom. The Bertz CT molecular complexity index is 463. The van der Waals surface area contributed by atoms with Crippen molar-refractivity contribution in [1.29, 1.82) is 0 Å². The highest BCUT2D eigenvalue weighted by Gasteiger charge is 1.98. The van der Waals surface area contributed by atoms with Crippen LogP contribution in [0.25, 0.3) is 0 Å². The second kappa shape index (κ2) is 6.37. The van der Waals surface area contributed by atoms with Gasteiger partial charge in [0.15, 0.2) is 6.29 Å². The number of carbonyl (C=O) groups is 1. The third-order valence-electron chi connectivity index (χ3n) is 2.14. The first-order valence-electron chi connectivity index (χ1n) is 5.23. The van der Waals surface area contributed by atoms with Crippen LogP contribution in [0.15, 0.2) is 58.9 Å². The van der Waals surface area contributed by atoms with E-state index in [1.807, 2.05) is 13.0 Å². The average Bonchev–Trinajstić information content (AvgIpc) is 2.35. The van der Waals surface area contributed by atoms with E-state index in [9.17, 15) is 4.79 Å². The minimum absolute atomic E-state index is 0.0715. The monoisotopic (exact) mass is 229 g/mol. The van der Waals surface area contributed by atoms with Gasteiger partial charge >= 0.3 is 0 Å². The Morgan fingerprint density at radius 1 is 1.47 bits per heavy atom. The maximum atomic E-state index is 10.8. The average molecular weight is 229 g/mol. The van der Waals surface area contributed by atoms with Gasteiger partial charge in [0.05, 0.1) is 5.69 Å². The van der Waals surface area contributed by atoms with Crippen LogP contribution in [0, 0.1) is 5.92 Å². The summed E-state index contributed by atoms with van der Waals surface area (Å²) in [4.78, 5) is 10.8. The van der Waals surface area contributed by atoms with Crippen molar-refractivity contribution in [3.8, 4) is 0 Å². The fraction of sp³-hybridized carbons (Fsp3) is 0.154. The molecule has 1 aromatic rings. The molecule has 0 saturated heterocycles. The Kier molecular flexibility index (Phi) is 4.81. The minimum Gasteiger partial charge on any atom is -0.397 e. The van der Waals surface area contributed by atoms with Crippen molar-refractivity contribution in [3.63, 3.8) is 0 Å². The highest BCUT2D eigenvalue weighted by atomic mass is 16.1. The quantitative estimate of drug-likeness (QED) is 0.277. The van der Waals surface area contributed by atoms with Crippen LogP contribution < -0.4 is 5.73 Å². The van der Waals surface area contributed by atoms with Crippen molar-refractivity contribution < 1.29 is 4.79 Å². The summed E-state index contributed by atoms with van der Waals surface area (Å²) in [6, 6.07) is 7.08. The normalized spacial score (nSPS) is 13.6. The molecular formula is C13H15N3O. The zero-order valence-electron chi connectivity index (χ0n) is 9.71. The fourth-order valence-electron chi connectivity index (χ4n) is 1.12. The van der Waals surface area contributed by atoms with Gasteiger partial charge in [0.1, 0.15) is 11.4 Å². The van der Waals surface area contributed by atoms with E-state index in [2.05, 4.69) is 16.8 Å². The number of nitrogen functional groups attached to an aromatic ring is 1. The summed E-state index contributed by atoms with van der Waals surface area (Å²) in [6.45, 7) is 5.53. The smallest absolute Gasteiger partial charge is 0.170 e. The van der Waals surface area contributed by atoms with Crippen molar-refractivity contribution in [2.24, 2.45) is 16.1 Å². The van der Waals surface area contributed by atoms with Crippen molar-refractivity contribution in [3.05, 3.63) is 48.7 Å². The standard InChI is InChI=1S/C13H15N3O/c1-3-10(2)8-11(9-17)15-16-13-7-5-4-6-12(13)14/h3-10H,1,14H2,2H3/b11-8+,16-15?. The van der Waals surface area contributed by atoms with Gasteiger partial charge in [-0.2, -0.15) is 0 Å². The van der Waals surface area contributed by atoms with Gasteiger partial charge in [0.2, 0.25) is 0 Å². The zero-order valence-corrected chi connectivity index (χ0v) is 9.71. The van der Waals surface area contributed by atoms with Crippen molar-refractivity contribution in [2.45, 2.75) is 6.92 Å². The molecule has 0 saturated carbocycles. The molecule has 0 spiro atoms. The number of allylic oxidation sites excluding steroid dienone is 3. The first-order valence-corrected chi connectivity index (χ1v) is 5.23. The largest absolute Gasteiger partial charge is 0.397 e. The van der Waals surface area contributed by atoms with Gasteiger partial charge < -0.3 is 5.73 Å². The van der Waals surface area contributed by atoms with Crippen LogP contribution in [-0.2, 0) is 4.79 Å². The first-order chi connectivity index (χ1) is 8.17. The van der Waals surface area contributed by atoms with Crippen LogP contribution in [0.3, 0.4) is 0 Å². The summed E-state index contributed by atoms with van der Waals surface area (Å²) in [5.74, 6) is 0.0715. The van der Waals surface area contributed by atoms with Crippen molar-refractivity contribution in [1.82, 2.24) is 0 Å². The van der Waals surface area contributed by atoms with Gasteiger partial charge in [0, 0.05) is 0 Å². The molecule has 88 valence electrons. The Morgan fingerprint density at radius 2 is 2.18 bits per heavy atom. The number of aldehydes is 1. The molecule has 1 rings (SSSR count). The van der Waals surface area contributed by atoms with Gasteiger partial charge in [-0.15, -0.1) is 16.8 Å². The highest BCUT2D eigenvalue weighted by Crippen LogP contribution is 2.21. The molecule has 1 aromatic carbocycles. The SMILES string of the molecule is C=CC(C)/C=C(\C=O)N=Nc1ccccc1N. The number of para-hydroxylation sites is 1. The second-order valence-electron chi connectivity index (χ2n) is 3.56. The zero-order chi connectivity index (χ0) is 12.7. The van der Waals surface area contributed by atoms with Gasteiger partial charge in [0.25, 0.3) is 0 Å². The predicted molar refractivity (Wildman–Crippen MR) is 68.9 cm³/mol. The van der Waals surface area contributed by atoms with Crippen molar-refractivity contribution >= 4 is 17.7 Å². The number of carbonyl (C=O) groups excluding carboxylic acids is 1. The third-order valence-corrected chi connectivity index (χ3v) is 2.14. The summed E-state index contributed by atoms with van der Waals surface area (Å²) in [5.41, 5.74) is 7.04. The Balaban J connectivity index is 2.89. The summed E-state index contributed by atoms with van der Waals surface area (Å²) in [6.07, 6.45) is 4.06. The first kappa shape index (κ1) is 12.8. The van der Waals surface area contributed by atoms with Crippen LogP contribution in [0.4, 0.5) is 11.4 Å². The van der Waals surface area contributed by atoms with Crippen LogP contribution >= 0.6 is 0 Å². The number of hydrogen-bond donors (Lipinski definition) is 1. The van der Waals surface area contributed by atoms with E-state index in [1.165, 1.54) is 0 Å². The number of rotatable bonds is 5. The number of nitrogens with zero attached hydrogens (tertiary/aromatic N) is 2. The molecule has 4 heteroatoms.